The number of aldehydes is 1. The minimum Gasteiger partial charge on any atom is -0.481 e. The van der Waals surface area contributed by atoms with Crippen molar-refractivity contribution < 1.29 is 9.53 Å². The van der Waals surface area contributed by atoms with Crippen LogP contribution in [0, 0.1) is 0 Å². The molecule has 0 fully saturated rings. The van der Waals surface area contributed by atoms with Crippen LogP contribution in [0.3, 0.4) is 0 Å². The smallest absolute Gasteiger partial charge is 0.212 e. The minimum atomic E-state index is 0.589. The van der Waals surface area contributed by atoms with Gasteiger partial charge in [-0.2, -0.15) is 0 Å². The quantitative estimate of drug-likeness (QED) is 0.821. The van der Waals surface area contributed by atoms with Crippen LogP contribution in [0.1, 0.15) is 15.2 Å². The molecule has 17 heavy (non-hydrogen) atoms. The average Bonchev–Trinajstić information content (AvgIpc) is 2.85. The summed E-state index contributed by atoms with van der Waals surface area (Å²) >= 11 is 1.32. The molecule has 0 saturated heterocycles. The molecule has 0 bridgehead atoms. The number of hydrogen-bond donors (Lipinski definition) is 1. The molecule has 0 spiro atoms. The Kier molecular flexibility index (Phi) is 3.66. The van der Waals surface area contributed by atoms with E-state index in [9.17, 15) is 4.79 Å². The Morgan fingerprint density at radius 1 is 1.41 bits per heavy atom. The number of hydrogen-bond acceptors (Lipinski definition) is 6. The van der Waals surface area contributed by atoms with Gasteiger partial charge in [0.25, 0.3) is 0 Å². The Morgan fingerprint density at radius 2 is 2.29 bits per heavy atom. The van der Waals surface area contributed by atoms with Crippen LogP contribution < -0.4 is 10.1 Å². The number of ether oxygens (including phenoxy) is 1. The van der Waals surface area contributed by atoms with E-state index < -0.39 is 0 Å². The van der Waals surface area contributed by atoms with Crippen molar-refractivity contribution in [1.82, 2.24) is 9.97 Å². The summed E-state index contributed by atoms with van der Waals surface area (Å²) in [5, 5.41) is 3.85. The highest BCUT2D eigenvalue weighted by Gasteiger charge is 2.01. The van der Waals surface area contributed by atoms with Gasteiger partial charge in [0, 0.05) is 18.8 Å². The molecule has 0 unspecified atom stereocenters. The van der Waals surface area contributed by atoms with E-state index in [1.165, 1.54) is 11.3 Å². The van der Waals surface area contributed by atoms with Crippen LogP contribution in [0.25, 0.3) is 0 Å². The van der Waals surface area contributed by atoms with Crippen LogP contribution in [0.15, 0.2) is 24.5 Å². The topological polar surface area (TPSA) is 64.1 Å². The van der Waals surface area contributed by atoms with Gasteiger partial charge in [-0.3, -0.25) is 4.79 Å². The monoisotopic (exact) mass is 249 g/mol. The van der Waals surface area contributed by atoms with Crippen LogP contribution in [-0.2, 0) is 6.54 Å². The molecule has 2 aromatic rings. The van der Waals surface area contributed by atoms with E-state index in [-0.39, 0.29) is 0 Å². The van der Waals surface area contributed by atoms with Crippen molar-refractivity contribution in [3.8, 4) is 5.88 Å². The Bertz CT molecular complexity index is 496. The van der Waals surface area contributed by atoms with Crippen molar-refractivity contribution in [2.45, 2.75) is 6.54 Å². The van der Waals surface area contributed by atoms with E-state index in [0.29, 0.717) is 17.3 Å². The van der Waals surface area contributed by atoms with Crippen molar-refractivity contribution in [3.05, 3.63) is 35.0 Å². The van der Waals surface area contributed by atoms with Gasteiger partial charge < -0.3 is 10.1 Å². The highest BCUT2D eigenvalue weighted by Crippen LogP contribution is 2.17. The molecule has 88 valence electrons. The van der Waals surface area contributed by atoms with Crippen molar-refractivity contribution in [1.29, 1.82) is 0 Å². The predicted molar refractivity (Wildman–Crippen MR) is 65.6 cm³/mol. The lowest BCUT2D eigenvalue weighted by Gasteiger charge is -2.03. The predicted octanol–water partition coefficient (Wildman–Crippen LogP) is 1.97. The minimum absolute atomic E-state index is 0.589. The molecule has 0 aliphatic rings. The zero-order chi connectivity index (χ0) is 12.1. The van der Waals surface area contributed by atoms with Crippen molar-refractivity contribution in [2.24, 2.45) is 0 Å². The summed E-state index contributed by atoms with van der Waals surface area (Å²) in [7, 11) is 1.58. The molecule has 0 radical (unpaired) electrons. The molecule has 0 atom stereocenters. The number of anilines is 1. The van der Waals surface area contributed by atoms with Gasteiger partial charge >= 0.3 is 0 Å². The Balaban J connectivity index is 1.94. The van der Waals surface area contributed by atoms with Crippen LogP contribution in [0.5, 0.6) is 5.88 Å². The van der Waals surface area contributed by atoms with Crippen LogP contribution in [0.2, 0.25) is 0 Å². The number of methoxy groups -OCH3 is 1. The average molecular weight is 249 g/mol. The van der Waals surface area contributed by atoms with Crippen molar-refractivity contribution in [3.63, 3.8) is 0 Å². The maximum absolute atomic E-state index is 10.5. The Morgan fingerprint density at radius 3 is 2.88 bits per heavy atom. The summed E-state index contributed by atoms with van der Waals surface area (Å²) in [5.41, 5.74) is 1.02. The highest BCUT2D eigenvalue weighted by molar-refractivity contribution is 7.17. The van der Waals surface area contributed by atoms with E-state index in [2.05, 4.69) is 15.3 Å². The lowest BCUT2D eigenvalue weighted by atomic mass is 10.3. The molecule has 0 aromatic carbocycles. The SMILES string of the molecule is COc1ccc(CNc2ncc(C=O)s2)cn1. The molecule has 2 heterocycles. The molecule has 1 N–H and O–H groups in total. The second-order valence-electron chi connectivity index (χ2n) is 3.25. The maximum atomic E-state index is 10.5. The fourth-order valence-corrected chi connectivity index (χ4v) is 1.86. The zero-order valence-corrected chi connectivity index (χ0v) is 10.0. The molecule has 0 aliphatic heterocycles. The van der Waals surface area contributed by atoms with E-state index in [1.807, 2.05) is 6.07 Å². The van der Waals surface area contributed by atoms with Crippen LogP contribution >= 0.6 is 11.3 Å². The Labute approximate surface area is 102 Å². The fraction of sp³-hybridized carbons (Fsp3) is 0.182. The third-order valence-electron chi connectivity index (χ3n) is 2.09. The number of aromatic nitrogens is 2. The molecular formula is C11H11N3O2S. The number of rotatable bonds is 5. The fourth-order valence-electron chi connectivity index (χ4n) is 1.24. The number of nitrogens with one attached hydrogen (secondary N) is 1. The summed E-state index contributed by atoms with van der Waals surface area (Å²) < 4.78 is 4.97. The van der Waals surface area contributed by atoms with E-state index in [4.69, 9.17) is 4.74 Å². The van der Waals surface area contributed by atoms with Crippen LogP contribution in [0.4, 0.5) is 5.13 Å². The van der Waals surface area contributed by atoms with Crippen molar-refractivity contribution >= 4 is 22.8 Å². The first-order chi connectivity index (χ1) is 8.31. The van der Waals surface area contributed by atoms with Gasteiger partial charge in [-0.05, 0) is 5.56 Å². The summed E-state index contributed by atoms with van der Waals surface area (Å²) in [4.78, 5) is 19.3. The molecule has 0 saturated carbocycles. The molecule has 2 rings (SSSR count). The van der Waals surface area contributed by atoms with Gasteiger partial charge in [0.1, 0.15) is 0 Å². The second-order valence-corrected chi connectivity index (χ2v) is 4.31. The standard InChI is InChI=1S/C11H11N3O2S/c1-16-10-3-2-8(4-12-10)5-13-11-14-6-9(7-15)17-11/h2-4,6-7H,5H2,1H3,(H,13,14). The van der Waals surface area contributed by atoms with E-state index in [0.717, 1.165) is 17.0 Å². The number of thiazole rings is 1. The second kappa shape index (κ2) is 5.40. The number of carbonyl (C=O) groups excluding carboxylic acids is 1. The van der Waals surface area contributed by atoms with Gasteiger partial charge in [-0.15, -0.1) is 0 Å². The molecular weight excluding hydrogens is 238 g/mol. The molecule has 5 nitrogen and oxygen atoms in total. The Hall–Kier alpha value is -1.95. The normalized spacial score (nSPS) is 9.94. The third-order valence-corrected chi connectivity index (χ3v) is 2.97. The van der Waals surface area contributed by atoms with E-state index >= 15 is 0 Å². The van der Waals surface area contributed by atoms with Gasteiger partial charge in [-0.25, -0.2) is 9.97 Å². The van der Waals surface area contributed by atoms with Gasteiger partial charge in [0.15, 0.2) is 11.4 Å². The van der Waals surface area contributed by atoms with Crippen molar-refractivity contribution in [2.75, 3.05) is 12.4 Å². The van der Waals surface area contributed by atoms with E-state index in [1.54, 1.807) is 25.6 Å². The lowest BCUT2D eigenvalue weighted by molar-refractivity contribution is 0.112. The highest BCUT2D eigenvalue weighted by atomic mass is 32.1. The summed E-state index contributed by atoms with van der Waals surface area (Å²) in [6.07, 6.45) is 4.07. The summed E-state index contributed by atoms with van der Waals surface area (Å²) in [6, 6.07) is 3.72. The van der Waals surface area contributed by atoms with Gasteiger partial charge in [-0.1, -0.05) is 17.4 Å². The zero-order valence-electron chi connectivity index (χ0n) is 9.21. The first kappa shape index (κ1) is 11.5. The molecule has 0 aliphatic carbocycles. The third kappa shape index (κ3) is 3.01. The van der Waals surface area contributed by atoms with Gasteiger partial charge in [0.2, 0.25) is 5.88 Å². The maximum Gasteiger partial charge on any atom is 0.212 e. The van der Waals surface area contributed by atoms with Gasteiger partial charge in [0.05, 0.1) is 18.2 Å². The number of pyridine rings is 1. The first-order valence-corrected chi connectivity index (χ1v) is 5.77. The largest absolute Gasteiger partial charge is 0.481 e. The van der Waals surface area contributed by atoms with Crippen LogP contribution in [-0.4, -0.2) is 23.4 Å². The number of carbonyl (C=O) groups is 1. The molecule has 0 amide bonds. The number of nitrogens with zero attached hydrogens (tertiary/aromatic N) is 2. The summed E-state index contributed by atoms with van der Waals surface area (Å²) in [6.45, 7) is 0.614. The lowest BCUT2D eigenvalue weighted by Crippen LogP contribution is -1.99. The molecule has 2 aromatic heterocycles. The first-order valence-electron chi connectivity index (χ1n) is 4.95. The molecule has 6 heteroatoms. The summed E-state index contributed by atoms with van der Waals surface area (Å²) in [5.74, 6) is 0.589.